The molecule has 1 amide bonds. The van der Waals surface area contributed by atoms with Crippen molar-refractivity contribution in [3.63, 3.8) is 0 Å². The lowest BCUT2D eigenvalue weighted by Gasteiger charge is -2.11. The molecule has 5 heteroatoms. The first-order chi connectivity index (χ1) is 10.7. The van der Waals surface area contributed by atoms with Gasteiger partial charge in [-0.15, -0.1) is 0 Å². The third-order valence-corrected chi connectivity index (χ3v) is 3.42. The molecule has 0 spiro atoms. The van der Waals surface area contributed by atoms with E-state index in [2.05, 4.69) is 4.98 Å². The van der Waals surface area contributed by atoms with Crippen LogP contribution in [0.4, 0.5) is 0 Å². The Kier molecular flexibility index (Phi) is 3.62. The lowest BCUT2D eigenvalue weighted by molar-refractivity contribution is 0.100. The summed E-state index contributed by atoms with van der Waals surface area (Å²) in [6.45, 7) is 0. The van der Waals surface area contributed by atoms with Gasteiger partial charge in [-0.25, -0.2) is 4.98 Å². The first-order valence-corrected chi connectivity index (χ1v) is 6.77. The number of carbonyl (C=O) groups excluding carboxylic acids is 1. The molecule has 0 aliphatic rings. The fourth-order valence-corrected chi connectivity index (χ4v) is 2.34. The van der Waals surface area contributed by atoms with Gasteiger partial charge in [0.1, 0.15) is 11.6 Å². The van der Waals surface area contributed by atoms with Crippen LogP contribution in [0.5, 0.6) is 5.75 Å². The number of benzene rings is 2. The van der Waals surface area contributed by atoms with Crippen LogP contribution in [-0.2, 0) is 0 Å². The van der Waals surface area contributed by atoms with Gasteiger partial charge in [-0.2, -0.15) is 0 Å². The van der Waals surface area contributed by atoms with Crippen LogP contribution in [0.1, 0.15) is 10.4 Å². The van der Waals surface area contributed by atoms with E-state index in [-0.39, 0.29) is 0 Å². The van der Waals surface area contributed by atoms with Gasteiger partial charge in [-0.3, -0.25) is 9.36 Å². The minimum atomic E-state index is -0.468. The molecular formula is C17H15N3O2. The maximum absolute atomic E-state index is 11.6. The van der Waals surface area contributed by atoms with Crippen molar-refractivity contribution in [2.75, 3.05) is 7.11 Å². The topological polar surface area (TPSA) is 70.1 Å². The van der Waals surface area contributed by atoms with Gasteiger partial charge >= 0.3 is 0 Å². The summed E-state index contributed by atoms with van der Waals surface area (Å²) >= 11 is 0. The van der Waals surface area contributed by atoms with E-state index in [0.29, 0.717) is 11.3 Å². The van der Waals surface area contributed by atoms with E-state index in [0.717, 1.165) is 17.1 Å². The van der Waals surface area contributed by atoms with Crippen molar-refractivity contribution in [3.8, 4) is 22.8 Å². The number of hydrogen-bond acceptors (Lipinski definition) is 3. The van der Waals surface area contributed by atoms with E-state index in [1.165, 1.54) is 0 Å². The Labute approximate surface area is 128 Å². The largest absolute Gasteiger partial charge is 0.497 e. The van der Waals surface area contributed by atoms with Gasteiger partial charge in [0.2, 0.25) is 0 Å². The second-order valence-corrected chi connectivity index (χ2v) is 4.73. The molecule has 0 fully saturated rings. The summed E-state index contributed by atoms with van der Waals surface area (Å²) in [5.41, 5.74) is 7.54. The lowest BCUT2D eigenvalue weighted by atomic mass is 10.1. The van der Waals surface area contributed by atoms with Crippen LogP contribution in [-0.4, -0.2) is 22.6 Å². The Morgan fingerprint density at radius 1 is 1.14 bits per heavy atom. The average molecular weight is 293 g/mol. The zero-order chi connectivity index (χ0) is 15.5. The molecule has 0 atom stereocenters. The summed E-state index contributed by atoms with van der Waals surface area (Å²) in [6, 6.07) is 14.8. The van der Waals surface area contributed by atoms with Gasteiger partial charge in [0.15, 0.2) is 0 Å². The highest BCUT2D eigenvalue weighted by Gasteiger charge is 2.13. The van der Waals surface area contributed by atoms with Crippen LogP contribution in [0.15, 0.2) is 60.9 Å². The molecule has 110 valence electrons. The Balaban J connectivity index is 2.11. The molecule has 2 N–H and O–H groups in total. The third-order valence-electron chi connectivity index (χ3n) is 3.42. The van der Waals surface area contributed by atoms with Gasteiger partial charge < -0.3 is 10.5 Å². The highest BCUT2D eigenvalue weighted by Crippen LogP contribution is 2.25. The molecule has 0 aliphatic heterocycles. The number of ether oxygens (including phenoxy) is 1. The van der Waals surface area contributed by atoms with Crippen LogP contribution in [0.25, 0.3) is 17.1 Å². The zero-order valence-electron chi connectivity index (χ0n) is 12.1. The Bertz CT molecular complexity index is 807. The van der Waals surface area contributed by atoms with Gasteiger partial charge in [0.05, 0.1) is 18.4 Å². The number of imidazole rings is 1. The Hall–Kier alpha value is -3.08. The standard InChI is InChI=1S/C17H15N3O2/c1-22-13-8-6-12(7-9-13)17-19-10-11-20(17)15-5-3-2-4-14(15)16(18)21/h2-11H,1H3,(H2,18,21). The number of nitrogens with two attached hydrogens (primary N) is 1. The molecule has 0 aliphatic carbocycles. The highest BCUT2D eigenvalue weighted by molar-refractivity contribution is 5.96. The van der Waals surface area contributed by atoms with Crippen molar-refractivity contribution < 1.29 is 9.53 Å². The summed E-state index contributed by atoms with van der Waals surface area (Å²) < 4.78 is 7.01. The summed E-state index contributed by atoms with van der Waals surface area (Å²) in [4.78, 5) is 16.0. The van der Waals surface area contributed by atoms with Crippen LogP contribution in [0.3, 0.4) is 0 Å². The fraction of sp³-hybridized carbons (Fsp3) is 0.0588. The zero-order valence-corrected chi connectivity index (χ0v) is 12.1. The first kappa shape index (κ1) is 13.9. The molecule has 5 nitrogen and oxygen atoms in total. The average Bonchev–Trinajstić information content (AvgIpc) is 3.04. The molecular weight excluding hydrogens is 278 g/mol. The summed E-state index contributed by atoms with van der Waals surface area (Å²) in [5.74, 6) is 1.04. The number of amides is 1. The predicted octanol–water partition coefficient (Wildman–Crippen LogP) is 2.65. The number of methoxy groups -OCH3 is 1. The first-order valence-electron chi connectivity index (χ1n) is 6.77. The van der Waals surface area contributed by atoms with E-state index < -0.39 is 5.91 Å². The number of primary amides is 1. The molecule has 0 saturated heterocycles. The lowest BCUT2D eigenvalue weighted by Crippen LogP contribution is -2.14. The number of hydrogen-bond donors (Lipinski definition) is 1. The Morgan fingerprint density at radius 3 is 2.55 bits per heavy atom. The fourth-order valence-electron chi connectivity index (χ4n) is 2.34. The quantitative estimate of drug-likeness (QED) is 0.804. The van der Waals surface area contributed by atoms with Gasteiger partial charge in [-0.05, 0) is 36.4 Å². The van der Waals surface area contributed by atoms with Crippen molar-refractivity contribution in [2.45, 2.75) is 0 Å². The highest BCUT2D eigenvalue weighted by atomic mass is 16.5. The number of nitrogens with zero attached hydrogens (tertiary/aromatic N) is 2. The summed E-state index contributed by atoms with van der Waals surface area (Å²) in [7, 11) is 1.62. The third kappa shape index (κ3) is 2.44. The van der Waals surface area contributed by atoms with Crippen molar-refractivity contribution in [3.05, 3.63) is 66.5 Å². The molecule has 1 aromatic heterocycles. The smallest absolute Gasteiger partial charge is 0.250 e. The molecule has 3 rings (SSSR count). The number of aromatic nitrogens is 2. The maximum atomic E-state index is 11.6. The molecule has 0 bridgehead atoms. The van der Waals surface area contributed by atoms with Crippen molar-refractivity contribution in [1.29, 1.82) is 0 Å². The SMILES string of the molecule is COc1ccc(-c2nccn2-c2ccccc2C(N)=O)cc1. The molecule has 0 saturated carbocycles. The molecule has 2 aromatic carbocycles. The normalized spacial score (nSPS) is 10.4. The molecule has 3 aromatic rings. The van der Waals surface area contributed by atoms with Crippen LogP contribution in [0.2, 0.25) is 0 Å². The Morgan fingerprint density at radius 2 is 1.86 bits per heavy atom. The van der Waals surface area contributed by atoms with Crippen molar-refractivity contribution in [2.24, 2.45) is 5.73 Å². The molecule has 0 radical (unpaired) electrons. The maximum Gasteiger partial charge on any atom is 0.250 e. The molecule has 1 heterocycles. The second-order valence-electron chi connectivity index (χ2n) is 4.73. The van der Waals surface area contributed by atoms with Crippen LogP contribution in [0, 0.1) is 0 Å². The number of carbonyl (C=O) groups is 1. The van der Waals surface area contributed by atoms with E-state index in [1.807, 2.05) is 41.0 Å². The summed E-state index contributed by atoms with van der Waals surface area (Å²) in [5, 5.41) is 0. The van der Waals surface area contributed by atoms with E-state index >= 15 is 0 Å². The van der Waals surface area contributed by atoms with Crippen molar-refractivity contribution in [1.82, 2.24) is 9.55 Å². The van der Waals surface area contributed by atoms with E-state index in [4.69, 9.17) is 10.5 Å². The van der Waals surface area contributed by atoms with Gasteiger partial charge in [0, 0.05) is 18.0 Å². The summed E-state index contributed by atoms with van der Waals surface area (Å²) in [6.07, 6.45) is 3.50. The van der Waals surface area contributed by atoms with Gasteiger partial charge in [-0.1, -0.05) is 12.1 Å². The minimum Gasteiger partial charge on any atom is -0.497 e. The predicted molar refractivity (Wildman–Crippen MR) is 84.1 cm³/mol. The number of rotatable bonds is 4. The van der Waals surface area contributed by atoms with E-state index in [9.17, 15) is 4.79 Å². The van der Waals surface area contributed by atoms with E-state index in [1.54, 1.807) is 31.6 Å². The molecule has 22 heavy (non-hydrogen) atoms. The number of para-hydroxylation sites is 1. The molecule has 0 unspecified atom stereocenters. The minimum absolute atomic E-state index is 0.454. The van der Waals surface area contributed by atoms with Gasteiger partial charge in [0.25, 0.3) is 5.91 Å². The van der Waals surface area contributed by atoms with Crippen molar-refractivity contribution >= 4 is 5.91 Å². The monoisotopic (exact) mass is 293 g/mol. The second kappa shape index (κ2) is 5.73. The van der Waals surface area contributed by atoms with Crippen LogP contribution >= 0.6 is 0 Å². The van der Waals surface area contributed by atoms with Crippen LogP contribution < -0.4 is 10.5 Å².